The van der Waals surface area contributed by atoms with E-state index in [-0.39, 0.29) is 0 Å². The molecule has 1 saturated carbocycles. The number of hydrogen-bond acceptors (Lipinski definition) is 2. The quantitative estimate of drug-likeness (QED) is 0.772. The highest BCUT2D eigenvalue weighted by Crippen LogP contribution is 2.19. The van der Waals surface area contributed by atoms with Crippen molar-refractivity contribution >= 4 is 5.91 Å². The Hall–Kier alpha value is -0.570. The van der Waals surface area contributed by atoms with Crippen LogP contribution >= 0.6 is 0 Å². The summed E-state index contributed by atoms with van der Waals surface area (Å²) in [6.07, 6.45) is 6.95. The van der Waals surface area contributed by atoms with Gasteiger partial charge in [0.1, 0.15) is 0 Å². The first-order valence-corrected chi connectivity index (χ1v) is 6.77. The fourth-order valence-corrected chi connectivity index (χ4v) is 2.33. The van der Waals surface area contributed by atoms with Crippen molar-refractivity contribution in [2.75, 3.05) is 19.6 Å². The molecule has 2 rings (SSSR count). The maximum Gasteiger partial charge on any atom is 0.222 e. The zero-order valence-corrected chi connectivity index (χ0v) is 10.4. The van der Waals surface area contributed by atoms with Crippen LogP contribution in [0.15, 0.2) is 0 Å². The van der Waals surface area contributed by atoms with Crippen LogP contribution in [0.5, 0.6) is 0 Å². The molecule has 16 heavy (non-hydrogen) atoms. The highest BCUT2D eigenvalue weighted by Gasteiger charge is 2.22. The van der Waals surface area contributed by atoms with Crippen molar-refractivity contribution in [2.24, 2.45) is 5.92 Å². The summed E-state index contributed by atoms with van der Waals surface area (Å²) < 4.78 is 0. The van der Waals surface area contributed by atoms with Gasteiger partial charge in [-0.05, 0) is 38.1 Å². The first kappa shape index (κ1) is 11.9. The number of nitrogens with zero attached hydrogens (tertiary/aromatic N) is 1. The van der Waals surface area contributed by atoms with E-state index in [1.807, 2.05) is 0 Å². The summed E-state index contributed by atoms with van der Waals surface area (Å²) >= 11 is 0. The van der Waals surface area contributed by atoms with Crippen LogP contribution in [0, 0.1) is 5.92 Å². The van der Waals surface area contributed by atoms with Crippen LogP contribution in [0.2, 0.25) is 0 Å². The second-order valence-corrected chi connectivity index (χ2v) is 5.44. The zero-order valence-electron chi connectivity index (χ0n) is 10.4. The van der Waals surface area contributed by atoms with Crippen LogP contribution in [0.1, 0.15) is 45.4 Å². The molecule has 1 N–H and O–H groups in total. The van der Waals surface area contributed by atoms with Gasteiger partial charge in [0.15, 0.2) is 0 Å². The average Bonchev–Trinajstić information content (AvgIpc) is 3.07. The Morgan fingerprint density at radius 2 is 2.19 bits per heavy atom. The van der Waals surface area contributed by atoms with Crippen molar-refractivity contribution in [2.45, 2.75) is 51.5 Å². The molecule has 0 aromatic carbocycles. The summed E-state index contributed by atoms with van der Waals surface area (Å²) in [5.41, 5.74) is 0. The van der Waals surface area contributed by atoms with E-state index in [9.17, 15) is 4.79 Å². The second-order valence-electron chi connectivity index (χ2n) is 5.44. The lowest BCUT2D eigenvalue weighted by molar-refractivity contribution is -0.131. The first-order chi connectivity index (χ1) is 7.75. The molecule has 3 heteroatoms. The minimum atomic E-state index is 0.371. The van der Waals surface area contributed by atoms with Crippen LogP contribution in [0.25, 0.3) is 0 Å². The molecule has 2 aliphatic rings. The third kappa shape index (κ3) is 3.78. The molecule has 0 aromatic rings. The molecule has 0 aromatic heterocycles. The molecule has 1 aliphatic heterocycles. The van der Waals surface area contributed by atoms with Gasteiger partial charge in [0, 0.05) is 25.6 Å². The summed E-state index contributed by atoms with van der Waals surface area (Å²) in [5, 5.41) is 3.54. The van der Waals surface area contributed by atoms with E-state index < -0.39 is 0 Å². The maximum absolute atomic E-state index is 11.8. The van der Waals surface area contributed by atoms with E-state index in [4.69, 9.17) is 0 Å². The topological polar surface area (TPSA) is 32.3 Å². The van der Waals surface area contributed by atoms with Crippen molar-refractivity contribution in [3.63, 3.8) is 0 Å². The molecule has 2 fully saturated rings. The number of hydrogen-bond donors (Lipinski definition) is 1. The zero-order chi connectivity index (χ0) is 11.4. The third-order valence-electron chi connectivity index (χ3n) is 3.54. The summed E-state index contributed by atoms with van der Waals surface area (Å²) in [7, 11) is 0. The molecule has 1 saturated heterocycles. The van der Waals surface area contributed by atoms with E-state index in [0.717, 1.165) is 38.5 Å². The molecule has 0 radical (unpaired) electrons. The van der Waals surface area contributed by atoms with Gasteiger partial charge in [-0.3, -0.25) is 4.79 Å². The Morgan fingerprint density at radius 1 is 1.38 bits per heavy atom. The van der Waals surface area contributed by atoms with Crippen LogP contribution in [-0.2, 0) is 4.79 Å². The van der Waals surface area contributed by atoms with Gasteiger partial charge in [-0.25, -0.2) is 0 Å². The number of nitrogens with one attached hydrogen (secondary N) is 1. The minimum absolute atomic E-state index is 0.371. The van der Waals surface area contributed by atoms with Crippen LogP contribution in [0.4, 0.5) is 0 Å². The summed E-state index contributed by atoms with van der Waals surface area (Å²) in [5.74, 6) is 0.957. The molecule has 1 unspecified atom stereocenters. The highest BCUT2D eigenvalue weighted by atomic mass is 16.2. The van der Waals surface area contributed by atoms with E-state index in [1.54, 1.807) is 0 Å². The van der Waals surface area contributed by atoms with E-state index in [0.29, 0.717) is 11.8 Å². The summed E-state index contributed by atoms with van der Waals surface area (Å²) in [6, 6.07) is 0.780. The van der Waals surface area contributed by atoms with Gasteiger partial charge in [-0.2, -0.15) is 0 Å². The molecular formula is C13H24N2O. The van der Waals surface area contributed by atoms with Gasteiger partial charge in [0.2, 0.25) is 5.91 Å². The number of amides is 1. The van der Waals surface area contributed by atoms with Gasteiger partial charge in [-0.1, -0.05) is 13.3 Å². The molecule has 0 bridgehead atoms. The molecule has 92 valence electrons. The average molecular weight is 224 g/mol. The lowest BCUT2D eigenvalue weighted by Gasteiger charge is -2.24. The van der Waals surface area contributed by atoms with Gasteiger partial charge in [0.05, 0.1) is 0 Å². The summed E-state index contributed by atoms with van der Waals surface area (Å²) in [6.45, 7) is 5.23. The van der Waals surface area contributed by atoms with E-state index in [2.05, 4.69) is 17.1 Å². The Kier molecular flexibility index (Phi) is 4.22. The molecule has 1 heterocycles. The lowest BCUT2D eigenvalue weighted by Crippen LogP contribution is -2.37. The van der Waals surface area contributed by atoms with E-state index in [1.165, 1.54) is 25.7 Å². The SMILES string of the molecule is CC(CNC1CC1)CN1CCCCCC1=O. The predicted octanol–water partition coefficient (Wildman–Crippen LogP) is 1.78. The van der Waals surface area contributed by atoms with Crippen LogP contribution in [0.3, 0.4) is 0 Å². The number of rotatable bonds is 5. The fraction of sp³-hybridized carbons (Fsp3) is 0.923. The molecule has 3 nitrogen and oxygen atoms in total. The van der Waals surface area contributed by atoms with Gasteiger partial charge < -0.3 is 10.2 Å². The number of carbonyl (C=O) groups is 1. The third-order valence-corrected chi connectivity index (χ3v) is 3.54. The Bertz CT molecular complexity index is 238. The predicted molar refractivity (Wildman–Crippen MR) is 65.2 cm³/mol. The Labute approximate surface area is 98.6 Å². The van der Waals surface area contributed by atoms with Gasteiger partial charge >= 0.3 is 0 Å². The standard InChI is InChI=1S/C13H24N2O/c1-11(9-14-12-6-7-12)10-15-8-4-2-3-5-13(15)16/h11-12,14H,2-10H2,1H3. The smallest absolute Gasteiger partial charge is 0.222 e. The summed E-state index contributed by atoms with van der Waals surface area (Å²) in [4.78, 5) is 13.9. The van der Waals surface area contributed by atoms with Crippen LogP contribution < -0.4 is 5.32 Å². The van der Waals surface area contributed by atoms with Crippen molar-refractivity contribution < 1.29 is 4.79 Å². The number of likely N-dealkylation sites (tertiary alicyclic amines) is 1. The minimum Gasteiger partial charge on any atom is -0.342 e. The monoisotopic (exact) mass is 224 g/mol. The normalized spacial score (nSPS) is 24.3. The van der Waals surface area contributed by atoms with Crippen molar-refractivity contribution in [3.8, 4) is 0 Å². The van der Waals surface area contributed by atoms with Crippen LogP contribution in [-0.4, -0.2) is 36.5 Å². The number of carbonyl (C=O) groups excluding carboxylic acids is 1. The fourth-order valence-electron chi connectivity index (χ4n) is 2.33. The van der Waals surface area contributed by atoms with Crippen molar-refractivity contribution in [1.29, 1.82) is 0 Å². The lowest BCUT2D eigenvalue weighted by atomic mass is 10.1. The molecule has 1 amide bonds. The van der Waals surface area contributed by atoms with Crippen molar-refractivity contribution in [3.05, 3.63) is 0 Å². The Morgan fingerprint density at radius 3 is 2.94 bits per heavy atom. The van der Waals surface area contributed by atoms with Gasteiger partial charge in [-0.15, -0.1) is 0 Å². The molecule has 0 spiro atoms. The molecule has 1 atom stereocenters. The highest BCUT2D eigenvalue weighted by molar-refractivity contribution is 5.76. The molecular weight excluding hydrogens is 200 g/mol. The molecule has 1 aliphatic carbocycles. The maximum atomic E-state index is 11.8. The Balaban J connectivity index is 1.70. The van der Waals surface area contributed by atoms with Crippen molar-refractivity contribution in [1.82, 2.24) is 10.2 Å². The van der Waals surface area contributed by atoms with E-state index >= 15 is 0 Å². The van der Waals surface area contributed by atoms with Gasteiger partial charge in [0.25, 0.3) is 0 Å². The first-order valence-electron chi connectivity index (χ1n) is 6.77. The largest absolute Gasteiger partial charge is 0.342 e. The second kappa shape index (κ2) is 5.67.